The topological polar surface area (TPSA) is 64.6 Å². The molecule has 1 N–H and O–H groups in total. The minimum Gasteiger partial charge on any atom is -0.465 e. The highest BCUT2D eigenvalue weighted by Gasteiger charge is 2.17. The van der Waals surface area contributed by atoms with Gasteiger partial charge >= 0.3 is 5.97 Å². The molecule has 0 aliphatic heterocycles. The summed E-state index contributed by atoms with van der Waals surface area (Å²) in [6, 6.07) is 14.1. The fourth-order valence-corrected chi connectivity index (χ4v) is 3.14. The monoisotopic (exact) mass is 413 g/mol. The maximum Gasteiger partial charge on any atom is 0.338 e. The lowest BCUT2D eigenvalue weighted by Crippen LogP contribution is -2.04. The second-order valence-electron chi connectivity index (χ2n) is 5.48. The number of aldehydes is 1. The molecule has 0 saturated carbocycles. The van der Waals surface area contributed by atoms with E-state index in [-0.39, 0.29) is 0 Å². The van der Waals surface area contributed by atoms with E-state index in [9.17, 15) is 9.59 Å². The zero-order valence-corrected chi connectivity index (χ0v) is 15.8. The van der Waals surface area contributed by atoms with E-state index in [1.807, 2.05) is 24.3 Å². The molecule has 26 heavy (non-hydrogen) atoms. The summed E-state index contributed by atoms with van der Waals surface area (Å²) >= 11 is 3.43. The summed E-state index contributed by atoms with van der Waals surface area (Å²) in [5.74, 6) is 0.657. The Morgan fingerprint density at radius 1 is 1.12 bits per heavy atom. The summed E-state index contributed by atoms with van der Waals surface area (Å²) in [5, 5.41) is 4.25. The Bertz CT molecular complexity index is 1000. The number of hydrogen-bond donors (Lipinski definition) is 1. The zero-order valence-electron chi connectivity index (χ0n) is 14.2. The third-order valence-corrected chi connectivity index (χ3v) is 4.49. The van der Waals surface area contributed by atoms with Crippen molar-refractivity contribution in [1.29, 1.82) is 0 Å². The first-order valence-corrected chi connectivity index (χ1v) is 8.62. The minimum absolute atomic E-state index is 0.321. The Balaban J connectivity index is 2.19. The lowest BCUT2D eigenvalue weighted by atomic mass is 9.99. The van der Waals surface area contributed by atoms with Gasteiger partial charge in [-0.25, -0.2) is 4.79 Å². The number of benzene rings is 3. The molecule has 0 unspecified atom stereocenters. The predicted molar refractivity (Wildman–Crippen MR) is 104 cm³/mol. The number of esters is 1. The third-order valence-electron chi connectivity index (χ3n) is 4.00. The quantitative estimate of drug-likeness (QED) is 0.468. The van der Waals surface area contributed by atoms with Crippen molar-refractivity contribution >= 4 is 44.6 Å². The molecule has 0 fully saturated rings. The normalized spacial score (nSPS) is 10.4. The first kappa shape index (κ1) is 17.9. The highest BCUT2D eigenvalue weighted by molar-refractivity contribution is 9.10. The summed E-state index contributed by atoms with van der Waals surface area (Å²) in [7, 11) is 3.11. The molecule has 0 atom stereocenters. The number of anilines is 1. The molecule has 5 nitrogen and oxygen atoms in total. The molecule has 0 aromatic heterocycles. The molecule has 0 aliphatic carbocycles. The summed E-state index contributed by atoms with van der Waals surface area (Å²) in [6.07, 6.45) is 0.719. The van der Waals surface area contributed by atoms with E-state index in [1.54, 1.807) is 31.3 Å². The standard InChI is InChI=1S/C20H16BrNO4/c1-22-16-10-13(21)7-9-18(16)26-17-8-6-12(11-23)19-14(17)4-3-5-15(19)20(24)25-2/h3-11,22H,1-2H3. The van der Waals surface area contributed by atoms with Gasteiger partial charge in [-0.3, -0.25) is 4.79 Å². The molecular weight excluding hydrogens is 398 g/mol. The van der Waals surface area contributed by atoms with Gasteiger partial charge < -0.3 is 14.8 Å². The van der Waals surface area contributed by atoms with Gasteiger partial charge in [0.1, 0.15) is 5.75 Å². The van der Waals surface area contributed by atoms with Crippen LogP contribution in [0.15, 0.2) is 53.0 Å². The van der Waals surface area contributed by atoms with Gasteiger partial charge in [0.2, 0.25) is 0 Å². The van der Waals surface area contributed by atoms with E-state index in [0.717, 1.165) is 16.4 Å². The third kappa shape index (κ3) is 3.28. The van der Waals surface area contributed by atoms with Crippen LogP contribution in [0.4, 0.5) is 5.69 Å². The average molecular weight is 414 g/mol. The fourth-order valence-electron chi connectivity index (χ4n) is 2.78. The van der Waals surface area contributed by atoms with Crippen LogP contribution in [0.25, 0.3) is 10.8 Å². The lowest BCUT2D eigenvalue weighted by Gasteiger charge is -2.15. The van der Waals surface area contributed by atoms with Gasteiger partial charge in [-0.1, -0.05) is 28.1 Å². The predicted octanol–water partition coefficient (Wildman–Crippen LogP) is 5.04. The number of hydrogen-bond acceptors (Lipinski definition) is 5. The number of fused-ring (bicyclic) bond motifs is 1. The van der Waals surface area contributed by atoms with Crippen LogP contribution in [0.2, 0.25) is 0 Å². The number of halogens is 1. The number of ether oxygens (including phenoxy) is 2. The summed E-state index contributed by atoms with van der Waals surface area (Å²) in [5.41, 5.74) is 1.52. The van der Waals surface area contributed by atoms with Crippen molar-refractivity contribution in [2.24, 2.45) is 0 Å². The number of methoxy groups -OCH3 is 1. The van der Waals surface area contributed by atoms with Crippen LogP contribution in [-0.4, -0.2) is 26.4 Å². The van der Waals surface area contributed by atoms with Gasteiger partial charge in [0, 0.05) is 27.9 Å². The van der Waals surface area contributed by atoms with Crippen LogP contribution in [0.5, 0.6) is 11.5 Å². The number of rotatable bonds is 5. The van der Waals surface area contributed by atoms with E-state index >= 15 is 0 Å². The first-order chi connectivity index (χ1) is 12.6. The second kappa shape index (κ2) is 7.58. The molecule has 132 valence electrons. The van der Waals surface area contributed by atoms with Crippen molar-refractivity contribution in [3.63, 3.8) is 0 Å². The number of carbonyl (C=O) groups excluding carboxylic acids is 2. The van der Waals surface area contributed by atoms with E-state index in [1.165, 1.54) is 7.11 Å². The van der Waals surface area contributed by atoms with Crippen molar-refractivity contribution < 1.29 is 19.1 Å². The van der Waals surface area contributed by atoms with Crippen LogP contribution in [0, 0.1) is 0 Å². The second-order valence-corrected chi connectivity index (χ2v) is 6.40. The van der Waals surface area contributed by atoms with E-state index in [0.29, 0.717) is 33.4 Å². The van der Waals surface area contributed by atoms with E-state index < -0.39 is 5.97 Å². The summed E-state index contributed by atoms with van der Waals surface area (Å²) in [4.78, 5) is 23.6. The average Bonchev–Trinajstić information content (AvgIpc) is 2.68. The van der Waals surface area contributed by atoms with Crippen LogP contribution in [0.3, 0.4) is 0 Å². The smallest absolute Gasteiger partial charge is 0.338 e. The largest absolute Gasteiger partial charge is 0.465 e. The summed E-state index contributed by atoms with van der Waals surface area (Å²) < 4.78 is 11.8. The molecule has 0 aliphatic rings. The van der Waals surface area contributed by atoms with Crippen LogP contribution in [-0.2, 0) is 4.74 Å². The SMILES string of the molecule is CNc1cc(Br)ccc1Oc1ccc(C=O)c2c(C(=O)OC)cccc12. The fraction of sp³-hybridized carbons (Fsp3) is 0.100. The Labute approximate surface area is 159 Å². The molecule has 0 radical (unpaired) electrons. The van der Waals surface area contributed by atoms with Crippen LogP contribution >= 0.6 is 15.9 Å². The van der Waals surface area contributed by atoms with Crippen molar-refractivity contribution in [1.82, 2.24) is 0 Å². The molecule has 0 bridgehead atoms. The van der Waals surface area contributed by atoms with Gasteiger partial charge in [-0.15, -0.1) is 0 Å². The highest BCUT2D eigenvalue weighted by Crippen LogP contribution is 2.37. The van der Waals surface area contributed by atoms with E-state index in [2.05, 4.69) is 21.2 Å². The lowest BCUT2D eigenvalue weighted by molar-refractivity contribution is 0.0603. The zero-order chi connectivity index (χ0) is 18.7. The Morgan fingerprint density at radius 3 is 2.58 bits per heavy atom. The molecule has 6 heteroatoms. The molecule has 3 aromatic carbocycles. The maximum atomic E-state index is 12.1. The molecule has 3 rings (SSSR count). The molecule has 0 spiro atoms. The molecular formula is C20H16BrNO4. The van der Waals surface area contributed by atoms with Crippen molar-refractivity contribution in [2.75, 3.05) is 19.5 Å². The van der Waals surface area contributed by atoms with Gasteiger partial charge in [-0.05, 0) is 36.4 Å². The van der Waals surface area contributed by atoms with Crippen LogP contribution < -0.4 is 10.1 Å². The Morgan fingerprint density at radius 2 is 1.88 bits per heavy atom. The van der Waals surface area contributed by atoms with Crippen molar-refractivity contribution in [3.05, 3.63) is 64.1 Å². The number of nitrogens with one attached hydrogen (secondary N) is 1. The number of carbonyl (C=O) groups is 2. The van der Waals surface area contributed by atoms with E-state index in [4.69, 9.17) is 9.47 Å². The first-order valence-electron chi connectivity index (χ1n) is 7.83. The Kier molecular flexibility index (Phi) is 5.23. The van der Waals surface area contributed by atoms with Crippen molar-refractivity contribution in [3.8, 4) is 11.5 Å². The van der Waals surface area contributed by atoms with Crippen LogP contribution in [0.1, 0.15) is 20.7 Å². The van der Waals surface area contributed by atoms with Crippen molar-refractivity contribution in [2.45, 2.75) is 0 Å². The maximum absolute atomic E-state index is 12.1. The Hall–Kier alpha value is -2.86. The molecule has 0 saturated heterocycles. The van der Waals surface area contributed by atoms with Gasteiger partial charge in [-0.2, -0.15) is 0 Å². The molecule has 0 heterocycles. The van der Waals surface area contributed by atoms with Gasteiger partial charge in [0.25, 0.3) is 0 Å². The molecule has 3 aromatic rings. The highest BCUT2D eigenvalue weighted by atomic mass is 79.9. The van der Waals surface area contributed by atoms with Gasteiger partial charge in [0.15, 0.2) is 12.0 Å². The minimum atomic E-state index is -0.504. The summed E-state index contributed by atoms with van der Waals surface area (Å²) in [6.45, 7) is 0. The molecule has 0 amide bonds. The van der Waals surface area contributed by atoms with Gasteiger partial charge in [0.05, 0.1) is 18.4 Å².